The molecule has 1 atom stereocenters. The molecule has 1 unspecified atom stereocenters. The van der Waals surface area contributed by atoms with Gasteiger partial charge < -0.3 is 9.67 Å². The van der Waals surface area contributed by atoms with Gasteiger partial charge in [0.2, 0.25) is 0 Å². The first-order chi connectivity index (χ1) is 9.85. The van der Waals surface area contributed by atoms with E-state index in [0.29, 0.717) is 12.1 Å². The van der Waals surface area contributed by atoms with E-state index >= 15 is 0 Å². The first-order valence-corrected chi connectivity index (χ1v) is 7.16. The van der Waals surface area contributed by atoms with Gasteiger partial charge in [0.25, 0.3) is 0 Å². The average Bonchev–Trinajstić information content (AvgIpc) is 2.76. The number of benzene rings is 1. The molecule has 0 spiro atoms. The number of aromatic nitrogens is 1. The third-order valence-electron chi connectivity index (χ3n) is 4.20. The highest BCUT2D eigenvalue weighted by atomic mass is 19.2. The summed E-state index contributed by atoms with van der Waals surface area (Å²) in [5, 5.41) is 10.2. The highest BCUT2D eigenvalue weighted by molar-refractivity contribution is 5.30. The van der Waals surface area contributed by atoms with Crippen molar-refractivity contribution in [3.8, 4) is 0 Å². The summed E-state index contributed by atoms with van der Waals surface area (Å²) < 4.78 is 28.3. The maximum absolute atomic E-state index is 13.3. The molecule has 1 aliphatic rings. The Morgan fingerprint density at radius 1 is 1.24 bits per heavy atom. The van der Waals surface area contributed by atoms with Crippen LogP contribution in [0.5, 0.6) is 0 Å². The normalized spacial score (nSPS) is 20.3. The van der Waals surface area contributed by atoms with Gasteiger partial charge in [0.05, 0.1) is 6.10 Å². The van der Waals surface area contributed by atoms with Gasteiger partial charge in [-0.25, -0.2) is 8.78 Å². The Morgan fingerprint density at radius 3 is 2.71 bits per heavy atom. The SMILES string of the molecule is CC1(C)Cc2c(ccn2Cc2ccc(F)c(F)c2)C(O)C1. The van der Waals surface area contributed by atoms with Gasteiger partial charge in [-0.3, -0.25) is 0 Å². The zero-order valence-electron chi connectivity index (χ0n) is 12.2. The molecule has 0 saturated carbocycles. The van der Waals surface area contributed by atoms with Crippen molar-refractivity contribution in [1.82, 2.24) is 4.57 Å². The molecule has 1 aromatic carbocycles. The third kappa shape index (κ3) is 2.72. The fourth-order valence-corrected chi connectivity index (χ4v) is 3.17. The van der Waals surface area contributed by atoms with Crippen LogP contribution in [0.3, 0.4) is 0 Å². The number of rotatable bonds is 2. The second-order valence-corrected chi connectivity index (χ2v) is 6.66. The summed E-state index contributed by atoms with van der Waals surface area (Å²) in [5.41, 5.74) is 2.79. The van der Waals surface area contributed by atoms with Crippen LogP contribution in [0.15, 0.2) is 30.5 Å². The summed E-state index contributed by atoms with van der Waals surface area (Å²) in [7, 11) is 0. The van der Waals surface area contributed by atoms with Crippen LogP contribution in [-0.2, 0) is 13.0 Å². The van der Waals surface area contributed by atoms with Crippen LogP contribution >= 0.6 is 0 Å². The quantitative estimate of drug-likeness (QED) is 0.894. The van der Waals surface area contributed by atoms with E-state index < -0.39 is 17.7 Å². The molecule has 0 bridgehead atoms. The van der Waals surface area contributed by atoms with Crippen LogP contribution in [0.2, 0.25) is 0 Å². The predicted octanol–water partition coefficient (Wildman–Crippen LogP) is 3.82. The minimum Gasteiger partial charge on any atom is -0.388 e. The molecule has 1 heterocycles. The summed E-state index contributed by atoms with van der Waals surface area (Å²) in [6.07, 6.45) is 3.08. The molecule has 1 aliphatic carbocycles. The zero-order chi connectivity index (χ0) is 15.2. The molecule has 0 amide bonds. The number of hydrogen-bond donors (Lipinski definition) is 1. The number of aliphatic hydroxyl groups excluding tert-OH is 1. The molecule has 112 valence electrons. The minimum atomic E-state index is -0.829. The summed E-state index contributed by atoms with van der Waals surface area (Å²) in [6.45, 7) is 4.75. The molecule has 21 heavy (non-hydrogen) atoms. The number of fused-ring (bicyclic) bond motifs is 1. The lowest BCUT2D eigenvalue weighted by Gasteiger charge is -2.34. The van der Waals surface area contributed by atoms with E-state index in [1.54, 1.807) is 6.07 Å². The van der Waals surface area contributed by atoms with E-state index in [1.807, 2.05) is 16.8 Å². The van der Waals surface area contributed by atoms with Gasteiger partial charge in [-0.1, -0.05) is 19.9 Å². The first-order valence-electron chi connectivity index (χ1n) is 7.16. The monoisotopic (exact) mass is 291 g/mol. The lowest BCUT2D eigenvalue weighted by molar-refractivity contribution is 0.0981. The summed E-state index contributed by atoms with van der Waals surface area (Å²) in [6, 6.07) is 5.90. The average molecular weight is 291 g/mol. The summed E-state index contributed by atoms with van der Waals surface area (Å²) in [4.78, 5) is 0. The van der Waals surface area contributed by atoms with Crippen LogP contribution in [-0.4, -0.2) is 9.67 Å². The molecule has 0 saturated heterocycles. The Kier molecular flexibility index (Phi) is 3.36. The van der Waals surface area contributed by atoms with E-state index in [2.05, 4.69) is 13.8 Å². The third-order valence-corrected chi connectivity index (χ3v) is 4.20. The molecule has 1 aromatic heterocycles. The number of nitrogens with zero attached hydrogens (tertiary/aromatic N) is 1. The van der Waals surface area contributed by atoms with E-state index in [0.717, 1.165) is 30.2 Å². The molecule has 0 aliphatic heterocycles. The number of aliphatic hydroxyl groups is 1. The van der Waals surface area contributed by atoms with Gasteiger partial charge in [0.1, 0.15) is 0 Å². The maximum atomic E-state index is 13.3. The van der Waals surface area contributed by atoms with E-state index in [9.17, 15) is 13.9 Å². The van der Waals surface area contributed by atoms with Crippen molar-refractivity contribution < 1.29 is 13.9 Å². The van der Waals surface area contributed by atoms with Crippen molar-refractivity contribution in [2.45, 2.75) is 39.3 Å². The molecule has 0 fully saturated rings. The van der Waals surface area contributed by atoms with Crippen LogP contribution in [0.4, 0.5) is 8.78 Å². The van der Waals surface area contributed by atoms with Crippen LogP contribution in [0.1, 0.15) is 43.2 Å². The lowest BCUT2D eigenvalue weighted by atomic mass is 9.75. The predicted molar refractivity (Wildman–Crippen MR) is 77.0 cm³/mol. The Hall–Kier alpha value is -1.68. The Balaban J connectivity index is 1.92. The molecule has 3 rings (SSSR count). The molecule has 2 nitrogen and oxygen atoms in total. The van der Waals surface area contributed by atoms with Crippen LogP contribution in [0.25, 0.3) is 0 Å². The molecule has 1 N–H and O–H groups in total. The van der Waals surface area contributed by atoms with Crippen molar-refractivity contribution >= 4 is 0 Å². The largest absolute Gasteiger partial charge is 0.388 e. The van der Waals surface area contributed by atoms with Crippen LogP contribution in [0, 0.1) is 17.0 Å². The van der Waals surface area contributed by atoms with Crippen molar-refractivity contribution in [3.05, 3.63) is 58.9 Å². The first kappa shape index (κ1) is 14.3. The van der Waals surface area contributed by atoms with E-state index in [1.165, 1.54) is 6.07 Å². The molecule has 4 heteroatoms. The molecular formula is C17H19F2NO. The van der Waals surface area contributed by atoms with Gasteiger partial charge in [-0.15, -0.1) is 0 Å². The van der Waals surface area contributed by atoms with Crippen molar-refractivity contribution in [1.29, 1.82) is 0 Å². The highest BCUT2D eigenvalue weighted by Crippen LogP contribution is 2.41. The van der Waals surface area contributed by atoms with E-state index in [-0.39, 0.29) is 5.41 Å². The Morgan fingerprint density at radius 2 is 2.00 bits per heavy atom. The topological polar surface area (TPSA) is 25.2 Å². The smallest absolute Gasteiger partial charge is 0.159 e. The zero-order valence-corrected chi connectivity index (χ0v) is 12.2. The second-order valence-electron chi connectivity index (χ2n) is 6.66. The minimum absolute atomic E-state index is 0.0383. The van der Waals surface area contributed by atoms with Gasteiger partial charge in [-0.2, -0.15) is 0 Å². The van der Waals surface area contributed by atoms with Crippen molar-refractivity contribution in [2.24, 2.45) is 5.41 Å². The molecule has 0 radical (unpaired) electrons. The second kappa shape index (κ2) is 4.95. The maximum Gasteiger partial charge on any atom is 0.159 e. The fourth-order valence-electron chi connectivity index (χ4n) is 3.17. The van der Waals surface area contributed by atoms with Gasteiger partial charge in [-0.05, 0) is 42.0 Å². The Bertz CT molecular complexity index is 675. The van der Waals surface area contributed by atoms with Gasteiger partial charge in [0.15, 0.2) is 11.6 Å². The highest BCUT2D eigenvalue weighted by Gasteiger charge is 2.33. The number of hydrogen-bond acceptors (Lipinski definition) is 1. The number of halogens is 2. The van der Waals surface area contributed by atoms with Gasteiger partial charge in [0, 0.05) is 24.0 Å². The molecule has 2 aromatic rings. The molecular weight excluding hydrogens is 272 g/mol. The van der Waals surface area contributed by atoms with E-state index in [4.69, 9.17) is 0 Å². The summed E-state index contributed by atoms with van der Waals surface area (Å²) >= 11 is 0. The van der Waals surface area contributed by atoms with Crippen LogP contribution < -0.4 is 0 Å². The standard InChI is InChI=1S/C17H19F2NO/c1-17(2)8-15-12(16(21)9-17)5-6-20(15)10-11-3-4-13(18)14(19)7-11/h3-7,16,21H,8-10H2,1-2H3. The fraction of sp³-hybridized carbons (Fsp3) is 0.412. The lowest BCUT2D eigenvalue weighted by Crippen LogP contribution is -2.26. The Labute approximate surface area is 123 Å². The van der Waals surface area contributed by atoms with Crippen molar-refractivity contribution in [3.63, 3.8) is 0 Å². The summed E-state index contributed by atoms with van der Waals surface area (Å²) in [5.74, 6) is -1.65. The van der Waals surface area contributed by atoms with Gasteiger partial charge >= 0.3 is 0 Å². The van der Waals surface area contributed by atoms with Crippen molar-refractivity contribution in [2.75, 3.05) is 0 Å².